The molecule has 2 aliphatic rings. The first kappa shape index (κ1) is 19.0. The number of carboxylic acids is 1. The number of fused-ring (bicyclic) bond motifs is 1. The first-order valence-electron chi connectivity index (χ1n) is 9.42. The number of carboxylic acid groups (broad SMARTS) is 1. The van der Waals surface area contributed by atoms with Crippen LogP contribution in [0.1, 0.15) is 28.9 Å². The van der Waals surface area contributed by atoms with Gasteiger partial charge in [0, 0.05) is 55.8 Å². The lowest BCUT2D eigenvalue weighted by molar-refractivity contribution is -0.137. The van der Waals surface area contributed by atoms with Crippen LogP contribution in [0.5, 0.6) is 0 Å². The van der Waals surface area contributed by atoms with Crippen LogP contribution in [0, 0.1) is 11.3 Å². The quantitative estimate of drug-likeness (QED) is 0.774. The maximum atomic E-state index is 12.7. The number of likely N-dealkylation sites (tertiary alicyclic amines) is 2. The van der Waals surface area contributed by atoms with E-state index in [1.807, 2.05) is 23.1 Å². The number of amides is 1. The number of aliphatic carboxylic acids is 1. The maximum Gasteiger partial charge on any atom is 0.303 e. The molecule has 1 amide bonds. The van der Waals surface area contributed by atoms with Crippen molar-refractivity contribution in [3.8, 4) is 0 Å². The van der Waals surface area contributed by atoms with Gasteiger partial charge in [0.05, 0.1) is 0 Å². The summed E-state index contributed by atoms with van der Waals surface area (Å²) in [6.45, 7) is 3.63. The van der Waals surface area contributed by atoms with Crippen LogP contribution < -0.4 is 0 Å². The van der Waals surface area contributed by atoms with Crippen LogP contribution in [-0.2, 0) is 11.3 Å². The van der Waals surface area contributed by atoms with Gasteiger partial charge in [0.1, 0.15) is 5.69 Å². The largest absolute Gasteiger partial charge is 0.481 e. The van der Waals surface area contributed by atoms with Crippen molar-refractivity contribution < 1.29 is 14.7 Å². The predicted molar refractivity (Wildman–Crippen MR) is 104 cm³/mol. The fraction of sp³-hybridized carbons (Fsp3) is 0.450. The van der Waals surface area contributed by atoms with Crippen molar-refractivity contribution in [3.63, 3.8) is 0 Å². The van der Waals surface area contributed by atoms with Crippen molar-refractivity contribution in [2.24, 2.45) is 11.3 Å². The van der Waals surface area contributed by atoms with Gasteiger partial charge < -0.3 is 10.0 Å². The number of nitrogens with zero attached hydrogens (tertiary/aromatic N) is 3. The minimum atomic E-state index is -0.792. The molecule has 0 radical (unpaired) electrons. The Hall–Kier alpha value is -2.38. The van der Waals surface area contributed by atoms with E-state index in [-0.39, 0.29) is 23.7 Å². The minimum absolute atomic E-state index is 0.0667. The molecule has 0 spiro atoms. The molecule has 7 nitrogen and oxygen atoms in total. The number of hydrogen-bond acceptors (Lipinski definition) is 4. The highest BCUT2D eigenvalue weighted by Gasteiger charge is 2.53. The van der Waals surface area contributed by atoms with Gasteiger partial charge in [-0.1, -0.05) is 23.7 Å². The fourth-order valence-electron chi connectivity index (χ4n) is 4.72. The Morgan fingerprint density at radius 3 is 2.86 bits per heavy atom. The Morgan fingerprint density at radius 2 is 2.14 bits per heavy atom. The van der Waals surface area contributed by atoms with Gasteiger partial charge in [-0.3, -0.25) is 19.6 Å². The van der Waals surface area contributed by atoms with E-state index in [0.717, 1.165) is 25.2 Å². The highest BCUT2D eigenvalue weighted by Crippen LogP contribution is 2.46. The lowest BCUT2D eigenvalue weighted by Gasteiger charge is -2.29. The van der Waals surface area contributed by atoms with Gasteiger partial charge in [-0.2, -0.15) is 5.10 Å². The molecule has 2 fully saturated rings. The minimum Gasteiger partial charge on any atom is -0.481 e. The monoisotopic (exact) mass is 402 g/mol. The first-order valence-corrected chi connectivity index (χ1v) is 9.80. The Kier molecular flexibility index (Phi) is 5.12. The average molecular weight is 403 g/mol. The number of carbonyl (C=O) groups is 2. The zero-order valence-corrected chi connectivity index (χ0v) is 16.2. The van der Waals surface area contributed by atoms with E-state index < -0.39 is 5.97 Å². The molecule has 1 aromatic carbocycles. The summed E-state index contributed by atoms with van der Waals surface area (Å²) in [6, 6.07) is 9.49. The molecular weight excluding hydrogens is 380 g/mol. The van der Waals surface area contributed by atoms with E-state index >= 15 is 0 Å². The second-order valence-corrected chi connectivity index (χ2v) is 8.35. The number of halogens is 1. The van der Waals surface area contributed by atoms with Crippen molar-refractivity contribution in [2.75, 3.05) is 26.2 Å². The van der Waals surface area contributed by atoms with Crippen molar-refractivity contribution >= 4 is 23.5 Å². The van der Waals surface area contributed by atoms with E-state index in [9.17, 15) is 14.7 Å². The molecule has 2 unspecified atom stereocenters. The van der Waals surface area contributed by atoms with Crippen molar-refractivity contribution in [2.45, 2.75) is 19.4 Å². The topological polar surface area (TPSA) is 89.5 Å². The molecule has 2 N–H and O–H groups in total. The molecule has 2 saturated heterocycles. The second-order valence-electron chi connectivity index (χ2n) is 7.91. The summed E-state index contributed by atoms with van der Waals surface area (Å²) >= 11 is 6.10. The average Bonchev–Trinajstić information content (AvgIpc) is 3.34. The second kappa shape index (κ2) is 7.56. The lowest BCUT2D eigenvalue weighted by atomic mass is 9.77. The van der Waals surface area contributed by atoms with Crippen molar-refractivity contribution in [3.05, 3.63) is 52.8 Å². The van der Waals surface area contributed by atoms with E-state index in [1.165, 1.54) is 0 Å². The summed E-state index contributed by atoms with van der Waals surface area (Å²) in [6.07, 6.45) is 2.26. The molecular formula is C20H23ClN4O3. The first-order chi connectivity index (χ1) is 13.4. The molecule has 4 rings (SSSR count). The lowest BCUT2D eigenvalue weighted by Crippen LogP contribution is -2.37. The molecule has 28 heavy (non-hydrogen) atoms. The highest BCUT2D eigenvalue weighted by molar-refractivity contribution is 6.30. The number of rotatable bonds is 6. The molecule has 0 bridgehead atoms. The normalized spacial score (nSPS) is 24.5. The molecule has 1 aromatic heterocycles. The molecule has 2 aromatic rings. The smallest absolute Gasteiger partial charge is 0.303 e. The van der Waals surface area contributed by atoms with E-state index in [0.29, 0.717) is 30.2 Å². The van der Waals surface area contributed by atoms with E-state index in [1.54, 1.807) is 12.3 Å². The third-order valence-corrected chi connectivity index (χ3v) is 6.22. The summed E-state index contributed by atoms with van der Waals surface area (Å²) in [7, 11) is 0. The number of H-pyrrole nitrogens is 1. The van der Waals surface area contributed by atoms with E-state index in [2.05, 4.69) is 21.2 Å². The molecule has 0 saturated carbocycles. The van der Waals surface area contributed by atoms with Gasteiger partial charge in [0.15, 0.2) is 0 Å². The van der Waals surface area contributed by atoms with Crippen LogP contribution >= 0.6 is 11.6 Å². The third-order valence-electron chi connectivity index (χ3n) is 5.98. The van der Waals surface area contributed by atoms with Crippen LogP contribution in [0.25, 0.3) is 0 Å². The third kappa shape index (κ3) is 3.77. The summed E-state index contributed by atoms with van der Waals surface area (Å²) in [5.74, 6) is -0.597. The Balaban J connectivity index is 1.49. The van der Waals surface area contributed by atoms with Crippen LogP contribution in [0.2, 0.25) is 5.02 Å². The molecule has 148 valence electrons. The SMILES string of the molecule is O=C(O)CCC12CN(Cc3cccc(Cl)c3)CC1CN(C(=O)c1ccn[nH]1)C2. The summed E-state index contributed by atoms with van der Waals surface area (Å²) in [5.41, 5.74) is 1.43. The van der Waals surface area contributed by atoms with Gasteiger partial charge >= 0.3 is 5.97 Å². The number of hydrogen-bond donors (Lipinski definition) is 2. The Bertz CT molecular complexity index is 872. The Labute approximate surface area is 168 Å². The van der Waals surface area contributed by atoms with Gasteiger partial charge in [-0.05, 0) is 36.1 Å². The maximum absolute atomic E-state index is 12.7. The fourth-order valence-corrected chi connectivity index (χ4v) is 4.93. The van der Waals surface area contributed by atoms with Crippen molar-refractivity contribution in [1.82, 2.24) is 20.0 Å². The number of aromatic amines is 1. The molecule has 0 aliphatic carbocycles. The van der Waals surface area contributed by atoms with Gasteiger partial charge in [0.25, 0.3) is 5.91 Å². The molecule has 2 atom stereocenters. The molecule has 2 aliphatic heterocycles. The zero-order chi connectivity index (χ0) is 19.7. The number of carbonyl (C=O) groups excluding carboxylic acids is 1. The number of benzene rings is 1. The Morgan fingerprint density at radius 1 is 1.29 bits per heavy atom. The molecule has 3 heterocycles. The summed E-state index contributed by atoms with van der Waals surface area (Å²) in [4.78, 5) is 28.2. The predicted octanol–water partition coefficient (Wildman–Crippen LogP) is 2.50. The number of aromatic nitrogens is 2. The van der Waals surface area contributed by atoms with Crippen LogP contribution in [0.3, 0.4) is 0 Å². The van der Waals surface area contributed by atoms with Crippen LogP contribution in [-0.4, -0.2) is 63.2 Å². The van der Waals surface area contributed by atoms with E-state index in [4.69, 9.17) is 11.6 Å². The van der Waals surface area contributed by atoms with Crippen LogP contribution in [0.4, 0.5) is 0 Å². The van der Waals surface area contributed by atoms with Gasteiger partial charge in [0.2, 0.25) is 0 Å². The van der Waals surface area contributed by atoms with Gasteiger partial charge in [-0.25, -0.2) is 0 Å². The van der Waals surface area contributed by atoms with Crippen LogP contribution in [0.15, 0.2) is 36.5 Å². The standard InChI is InChI=1S/C20H23ClN4O3/c21-16-3-1-2-14(8-16)9-24-10-15-11-25(19(28)17-5-7-22-23-17)13-20(15,12-24)6-4-18(26)27/h1-3,5,7-8,15H,4,6,9-13H2,(H,22,23)(H,26,27). The van der Waals surface area contributed by atoms with Crippen molar-refractivity contribution in [1.29, 1.82) is 0 Å². The zero-order valence-electron chi connectivity index (χ0n) is 15.5. The summed E-state index contributed by atoms with van der Waals surface area (Å²) in [5, 5.41) is 16.5. The highest BCUT2D eigenvalue weighted by atomic mass is 35.5. The molecule has 8 heteroatoms. The summed E-state index contributed by atoms with van der Waals surface area (Å²) < 4.78 is 0. The number of nitrogens with one attached hydrogen (secondary N) is 1. The van der Waals surface area contributed by atoms with Gasteiger partial charge in [-0.15, -0.1) is 0 Å².